The molecule has 2 atom stereocenters. The number of nitrogens with two attached hydrogens (primary N) is 1. The Balaban J connectivity index is 1.98. The fourth-order valence-electron chi connectivity index (χ4n) is 2.99. The van der Waals surface area contributed by atoms with Crippen LogP contribution in [0.1, 0.15) is 26.2 Å². The van der Waals surface area contributed by atoms with Gasteiger partial charge in [-0.25, -0.2) is 0 Å². The fraction of sp³-hybridized carbons (Fsp3) is 1.00. The number of hydrogen-bond acceptors (Lipinski definition) is 3. The molecular formula is C12H25N3. The third kappa shape index (κ3) is 2.52. The quantitative estimate of drug-likeness (QED) is 0.745. The highest BCUT2D eigenvalue weighted by molar-refractivity contribution is 4.93. The number of rotatable bonds is 4. The van der Waals surface area contributed by atoms with Crippen LogP contribution in [0.2, 0.25) is 0 Å². The van der Waals surface area contributed by atoms with Gasteiger partial charge in [-0.2, -0.15) is 0 Å². The SMILES string of the molecule is CCC(C1CC1)N1CCN(C)CC1CN. The van der Waals surface area contributed by atoms with E-state index in [4.69, 9.17) is 5.73 Å². The van der Waals surface area contributed by atoms with Crippen LogP contribution in [-0.2, 0) is 0 Å². The normalized spacial score (nSPS) is 31.8. The van der Waals surface area contributed by atoms with Crippen molar-refractivity contribution in [3.63, 3.8) is 0 Å². The largest absolute Gasteiger partial charge is 0.329 e. The lowest BCUT2D eigenvalue weighted by atomic mass is 10.0. The second-order valence-corrected chi connectivity index (χ2v) is 5.20. The van der Waals surface area contributed by atoms with Gasteiger partial charge in [0.05, 0.1) is 0 Å². The number of hydrogen-bond donors (Lipinski definition) is 1. The number of piperazine rings is 1. The molecule has 0 radical (unpaired) electrons. The first kappa shape index (κ1) is 11.4. The third-order valence-corrected chi connectivity index (χ3v) is 4.01. The van der Waals surface area contributed by atoms with Gasteiger partial charge in [0.15, 0.2) is 0 Å². The van der Waals surface area contributed by atoms with Gasteiger partial charge in [-0.3, -0.25) is 4.90 Å². The molecule has 0 amide bonds. The standard InChI is InChI=1S/C12H25N3/c1-3-12(10-4-5-10)15-7-6-14(2)9-11(15)8-13/h10-12H,3-9,13H2,1-2H3. The van der Waals surface area contributed by atoms with E-state index in [-0.39, 0.29) is 0 Å². The summed E-state index contributed by atoms with van der Waals surface area (Å²) < 4.78 is 0. The van der Waals surface area contributed by atoms with Crippen LogP contribution in [0.25, 0.3) is 0 Å². The first-order valence-electron chi connectivity index (χ1n) is 6.40. The van der Waals surface area contributed by atoms with Gasteiger partial charge >= 0.3 is 0 Å². The van der Waals surface area contributed by atoms with Crippen LogP contribution in [0.15, 0.2) is 0 Å². The van der Waals surface area contributed by atoms with Crippen molar-refractivity contribution in [2.45, 2.75) is 38.3 Å². The highest BCUT2D eigenvalue weighted by Gasteiger charge is 2.38. The Morgan fingerprint density at radius 3 is 2.60 bits per heavy atom. The minimum atomic E-state index is 0.592. The molecule has 1 aliphatic heterocycles. The molecule has 2 unspecified atom stereocenters. The van der Waals surface area contributed by atoms with Crippen molar-refractivity contribution in [2.75, 3.05) is 33.2 Å². The molecule has 3 nitrogen and oxygen atoms in total. The molecule has 2 fully saturated rings. The Kier molecular flexibility index (Phi) is 3.65. The Bertz CT molecular complexity index is 203. The molecule has 3 heteroatoms. The second kappa shape index (κ2) is 4.81. The molecule has 0 bridgehead atoms. The van der Waals surface area contributed by atoms with Gasteiger partial charge in [0, 0.05) is 38.3 Å². The van der Waals surface area contributed by atoms with E-state index in [0.29, 0.717) is 6.04 Å². The topological polar surface area (TPSA) is 32.5 Å². The minimum absolute atomic E-state index is 0.592. The molecule has 1 saturated carbocycles. The minimum Gasteiger partial charge on any atom is -0.329 e. The smallest absolute Gasteiger partial charge is 0.0349 e. The fourth-order valence-corrected chi connectivity index (χ4v) is 2.99. The summed E-state index contributed by atoms with van der Waals surface area (Å²) in [5, 5.41) is 0. The maximum absolute atomic E-state index is 5.90. The molecule has 15 heavy (non-hydrogen) atoms. The van der Waals surface area contributed by atoms with Crippen LogP contribution in [0.5, 0.6) is 0 Å². The van der Waals surface area contributed by atoms with Crippen molar-refractivity contribution < 1.29 is 0 Å². The van der Waals surface area contributed by atoms with Crippen LogP contribution in [-0.4, -0.2) is 55.1 Å². The zero-order valence-electron chi connectivity index (χ0n) is 10.2. The van der Waals surface area contributed by atoms with Crippen molar-refractivity contribution in [2.24, 2.45) is 11.7 Å². The maximum Gasteiger partial charge on any atom is 0.0349 e. The first-order chi connectivity index (χ1) is 7.26. The van der Waals surface area contributed by atoms with Crippen LogP contribution in [0.3, 0.4) is 0 Å². The summed E-state index contributed by atoms with van der Waals surface area (Å²) in [6.45, 7) is 6.72. The van der Waals surface area contributed by atoms with E-state index in [9.17, 15) is 0 Å². The van der Waals surface area contributed by atoms with E-state index >= 15 is 0 Å². The molecule has 1 heterocycles. The molecule has 0 aromatic rings. The lowest BCUT2D eigenvalue weighted by Crippen LogP contribution is -2.58. The zero-order valence-corrected chi connectivity index (χ0v) is 10.2. The molecule has 0 spiro atoms. The van der Waals surface area contributed by atoms with E-state index in [1.165, 1.54) is 32.4 Å². The van der Waals surface area contributed by atoms with Gasteiger partial charge in [0.2, 0.25) is 0 Å². The molecule has 0 aromatic heterocycles. The van der Waals surface area contributed by atoms with E-state index in [0.717, 1.165) is 25.0 Å². The third-order valence-electron chi connectivity index (χ3n) is 4.01. The van der Waals surface area contributed by atoms with E-state index in [1.54, 1.807) is 0 Å². The van der Waals surface area contributed by atoms with Gasteiger partial charge < -0.3 is 10.6 Å². The average Bonchev–Trinajstić information content (AvgIpc) is 3.05. The number of likely N-dealkylation sites (N-methyl/N-ethyl adjacent to an activating group) is 1. The first-order valence-corrected chi connectivity index (χ1v) is 6.40. The zero-order chi connectivity index (χ0) is 10.8. The van der Waals surface area contributed by atoms with Crippen LogP contribution in [0.4, 0.5) is 0 Å². The van der Waals surface area contributed by atoms with E-state index in [2.05, 4.69) is 23.8 Å². The van der Waals surface area contributed by atoms with Crippen molar-refractivity contribution in [1.29, 1.82) is 0 Å². The van der Waals surface area contributed by atoms with E-state index in [1.807, 2.05) is 0 Å². The molecule has 2 aliphatic rings. The Morgan fingerprint density at radius 2 is 2.07 bits per heavy atom. The lowest BCUT2D eigenvalue weighted by Gasteiger charge is -2.44. The summed E-state index contributed by atoms with van der Waals surface area (Å²) in [6.07, 6.45) is 4.19. The van der Waals surface area contributed by atoms with Crippen molar-refractivity contribution >= 4 is 0 Å². The maximum atomic E-state index is 5.90. The molecule has 1 saturated heterocycles. The van der Waals surface area contributed by atoms with Crippen LogP contribution in [0, 0.1) is 5.92 Å². The highest BCUT2D eigenvalue weighted by atomic mass is 15.3. The summed E-state index contributed by atoms with van der Waals surface area (Å²) in [5.41, 5.74) is 5.90. The molecule has 1 aliphatic carbocycles. The van der Waals surface area contributed by atoms with Gasteiger partial charge in [-0.05, 0) is 32.2 Å². The predicted molar refractivity (Wildman–Crippen MR) is 63.8 cm³/mol. The Hall–Kier alpha value is -0.120. The van der Waals surface area contributed by atoms with E-state index < -0.39 is 0 Å². The monoisotopic (exact) mass is 211 g/mol. The Labute approximate surface area is 93.6 Å². The van der Waals surface area contributed by atoms with Crippen molar-refractivity contribution in [1.82, 2.24) is 9.80 Å². The molecule has 2 rings (SSSR count). The van der Waals surface area contributed by atoms with Crippen molar-refractivity contribution in [3.05, 3.63) is 0 Å². The van der Waals surface area contributed by atoms with Gasteiger partial charge in [-0.15, -0.1) is 0 Å². The summed E-state index contributed by atoms with van der Waals surface area (Å²) in [7, 11) is 2.21. The second-order valence-electron chi connectivity index (χ2n) is 5.20. The van der Waals surface area contributed by atoms with Gasteiger partial charge in [0.25, 0.3) is 0 Å². The summed E-state index contributed by atoms with van der Waals surface area (Å²) in [5.74, 6) is 0.979. The Morgan fingerprint density at radius 1 is 1.33 bits per heavy atom. The number of nitrogens with zero attached hydrogens (tertiary/aromatic N) is 2. The molecule has 0 aromatic carbocycles. The summed E-state index contributed by atoms with van der Waals surface area (Å²) >= 11 is 0. The van der Waals surface area contributed by atoms with Gasteiger partial charge in [-0.1, -0.05) is 6.92 Å². The average molecular weight is 211 g/mol. The predicted octanol–water partition coefficient (Wildman–Crippen LogP) is 0.750. The van der Waals surface area contributed by atoms with Gasteiger partial charge in [0.1, 0.15) is 0 Å². The lowest BCUT2D eigenvalue weighted by molar-refractivity contribution is 0.0457. The highest BCUT2D eigenvalue weighted by Crippen LogP contribution is 2.37. The molecule has 2 N–H and O–H groups in total. The van der Waals surface area contributed by atoms with Crippen LogP contribution < -0.4 is 5.73 Å². The van der Waals surface area contributed by atoms with Crippen molar-refractivity contribution in [3.8, 4) is 0 Å². The summed E-state index contributed by atoms with van der Waals surface area (Å²) in [6, 6.07) is 1.40. The summed E-state index contributed by atoms with van der Waals surface area (Å²) in [4.78, 5) is 5.10. The van der Waals surface area contributed by atoms with Crippen LogP contribution >= 0.6 is 0 Å². The molecule has 88 valence electrons. The molecular weight excluding hydrogens is 186 g/mol.